The fourth-order valence-corrected chi connectivity index (χ4v) is 4.24. The molecule has 0 aromatic heterocycles. The molecule has 3 rings (SSSR count). The van der Waals surface area contributed by atoms with Crippen molar-refractivity contribution in [3.05, 3.63) is 35.4 Å². The van der Waals surface area contributed by atoms with E-state index in [-0.39, 0.29) is 18.4 Å². The number of hydrogen-bond acceptors (Lipinski definition) is 3. The van der Waals surface area contributed by atoms with Gasteiger partial charge in [-0.2, -0.15) is 0 Å². The predicted octanol–water partition coefficient (Wildman–Crippen LogP) is 2.22. The lowest BCUT2D eigenvalue weighted by Crippen LogP contribution is -2.46. The molecule has 0 aliphatic carbocycles. The summed E-state index contributed by atoms with van der Waals surface area (Å²) in [5.41, 5.74) is 0.531. The van der Waals surface area contributed by atoms with E-state index < -0.39 is 16.8 Å². The summed E-state index contributed by atoms with van der Waals surface area (Å²) in [6.45, 7) is 7.45. The number of carbonyl (C=O) groups is 2. The van der Waals surface area contributed by atoms with Crippen LogP contribution in [0.5, 0.6) is 0 Å². The van der Waals surface area contributed by atoms with E-state index in [1.54, 1.807) is 4.90 Å². The molecule has 1 amide bonds. The zero-order valence-corrected chi connectivity index (χ0v) is 14.5. The predicted molar refractivity (Wildman–Crippen MR) is 89.8 cm³/mol. The second-order valence-electron chi connectivity index (χ2n) is 7.61. The Morgan fingerprint density at radius 2 is 2.04 bits per heavy atom. The maximum Gasteiger partial charge on any atom is 0.311 e. The van der Waals surface area contributed by atoms with Gasteiger partial charge in [0.05, 0.1) is 17.4 Å². The van der Waals surface area contributed by atoms with Gasteiger partial charge in [-0.05, 0) is 38.3 Å². The van der Waals surface area contributed by atoms with Crippen LogP contribution in [-0.4, -0.2) is 48.2 Å². The Kier molecular flexibility index (Phi) is 4.16. The Bertz CT molecular complexity index is 669. The highest BCUT2D eigenvalue weighted by atomic mass is 16.5. The Hall–Kier alpha value is -1.88. The van der Waals surface area contributed by atoms with Crippen molar-refractivity contribution in [2.75, 3.05) is 26.3 Å². The van der Waals surface area contributed by atoms with Gasteiger partial charge in [-0.3, -0.25) is 9.59 Å². The molecule has 2 aliphatic heterocycles. The molecule has 2 atom stereocenters. The van der Waals surface area contributed by atoms with E-state index in [4.69, 9.17) is 4.74 Å². The zero-order chi connectivity index (χ0) is 17.5. The van der Waals surface area contributed by atoms with Gasteiger partial charge >= 0.3 is 5.97 Å². The summed E-state index contributed by atoms with van der Waals surface area (Å²) in [5.74, 6) is -0.938. The molecule has 0 spiro atoms. The van der Waals surface area contributed by atoms with Crippen molar-refractivity contribution in [1.29, 1.82) is 0 Å². The number of aryl methyl sites for hydroxylation is 1. The number of fused-ring (bicyclic) bond motifs is 1. The van der Waals surface area contributed by atoms with E-state index in [1.807, 2.05) is 45.0 Å². The molecule has 130 valence electrons. The largest absolute Gasteiger partial charge is 0.481 e. The summed E-state index contributed by atoms with van der Waals surface area (Å²) < 4.78 is 5.47. The molecule has 1 N–H and O–H groups in total. The van der Waals surface area contributed by atoms with Gasteiger partial charge in [0.2, 0.25) is 5.91 Å². The number of likely N-dealkylation sites (tertiary alicyclic amines) is 1. The van der Waals surface area contributed by atoms with Gasteiger partial charge in [0.1, 0.15) is 0 Å². The summed E-state index contributed by atoms with van der Waals surface area (Å²) in [7, 11) is 0. The van der Waals surface area contributed by atoms with Crippen molar-refractivity contribution >= 4 is 11.9 Å². The minimum atomic E-state index is -0.851. The van der Waals surface area contributed by atoms with Crippen LogP contribution in [-0.2, 0) is 19.7 Å². The smallest absolute Gasteiger partial charge is 0.311 e. The third kappa shape index (κ3) is 2.51. The van der Waals surface area contributed by atoms with E-state index >= 15 is 0 Å². The fraction of sp³-hybridized carbons (Fsp3) is 0.579. The molecule has 2 aliphatic rings. The van der Waals surface area contributed by atoms with E-state index in [2.05, 4.69) is 0 Å². The molecule has 24 heavy (non-hydrogen) atoms. The van der Waals surface area contributed by atoms with Crippen molar-refractivity contribution < 1.29 is 19.4 Å². The summed E-state index contributed by atoms with van der Waals surface area (Å²) in [6.07, 6.45) is 0.474. The van der Waals surface area contributed by atoms with Crippen LogP contribution in [0.15, 0.2) is 24.3 Å². The molecule has 2 fully saturated rings. The van der Waals surface area contributed by atoms with Crippen LogP contribution < -0.4 is 0 Å². The molecule has 0 radical (unpaired) electrons. The molecule has 2 saturated heterocycles. The normalized spacial score (nSPS) is 27.0. The lowest BCUT2D eigenvalue weighted by atomic mass is 9.74. The van der Waals surface area contributed by atoms with Crippen LogP contribution in [0.3, 0.4) is 0 Å². The van der Waals surface area contributed by atoms with Gasteiger partial charge < -0.3 is 14.7 Å². The first kappa shape index (κ1) is 17.0. The topological polar surface area (TPSA) is 66.8 Å². The van der Waals surface area contributed by atoms with Crippen LogP contribution in [0.2, 0.25) is 0 Å². The van der Waals surface area contributed by atoms with E-state index in [1.165, 1.54) is 0 Å². The average molecular weight is 331 g/mol. The van der Waals surface area contributed by atoms with Crippen molar-refractivity contribution in [1.82, 2.24) is 4.90 Å². The second-order valence-corrected chi connectivity index (χ2v) is 7.61. The Labute approximate surface area is 142 Å². The summed E-state index contributed by atoms with van der Waals surface area (Å²) in [4.78, 5) is 26.9. The van der Waals surface area contributed by atoms with Gasteiger partial charge in [-0.25, -0.2) is 0 Å². The third-order valence-corrected chi connectivity index (χ3v) is 5.77. The van der Waals surface area contributed by atoms with Crippen LogP contribution in [0.25, 0.3) is 0 Å². The molecular formula is C19H25NO4. The highest BCUT2D eigenvalue weighted by Gasteiger charge is 2.56. The molecule has 1 aromatic carbocycles. The maximum absolute atomic E-state index is 13.2. The Morgan fingerprint density at radius 1 is 1.33 bits per heavy atom. The monoisotopic (exact) mass is 331 g/mol. The number of ether oxygens (including phenoxy) is 1. The minimum absolute atomic E-state index is 0.00757. The molecule has 2 heterocycles. The number of aliphatic carboxylic acids is 1. The second kappa shape index (κ2) is 5.88. The number of carboxylic acids is 1. The van der Waals surface area contributed by atoms with E-state index in [9.17, 15) is 14.7 Å². The fourth-order valence-electron chi connectivity index (χ4n) is 4.24. The Balaban J connectivity index is 1.88. The number of nitrogens with zero attached hydrogens (tertiary/aromatic N) is 1. The van der Waals surface area contributed by atoms with Gasteiger partial charge in [0.25, 0.3) is 0 Å². The summed E-state index contributed by atoms with van der Waals surface area (Å²) in [6, 6.07) is 7.88. The molecule has 0 bridgehead atoms. The lowest BCUT2D eigenvalue weighted by molar-refractivity contribution is -0.157. The van der Waals surface area contributed by atoms with Gasteiger partial charge in [-0.15, -0.1) is 0 Å². The van der Waals surface area contributed by atoms with Gasteiger partial charge in [0, 0.05) is 25.6 Å². The quantitative estimate of drug-likeness (QED) is 0.922. The average Bonchev–Trinajstić information content (AvgIpc) is 2.95. The SMILES string of the molecule is Cc1ccccc1C(C)(C)C(=O)N1C[C@H]2COCC[C@@]2(C(=O)O)C1. The van der Waals surface area contributed by atoms with Crippen molar-refractivity contribution in [2.45, 2.75) is 32.6 Å². The first-order valence-corrected chi connectivity index (χ1v) is 8.45. The number of hydrogen-bond donors (Lipinski definition) is 1. The standard InChI is InChI=1S/C19H25NO4/c1-13-6-4-5-7-15(13)18(2,3)16(21)20-10-14-11-24-9-8-19(14,12-20)17(22)23/h4-7,14H,8-12H2,1-3H3,(H,22,23)/t14-,19+/m0/s1. The zero-order valence-electron chi connectivity index (χ0n) is 14.5. The number of carbonyl (C=O) groups excluding carboxylic acids is 1. The molecular weight excluding hydrogens is 306 g/mol. The molecule has 0 saturated carbocycles. The minimum Gasteiger partial charge on any atom is -0.481 e. The molecule has 1 aromatic rings. The Morgan fingerprint density at radius 3 is 2.67 bits per heavy atom. The summed E-state index contributed by atoms with van der Waals surface area (Å²) in [5, 5.41) is 9.77. The number of benzene rings is 1. The maximum atomic E-state index is 13.2. The van der Waals surface area contributed by atoms with Crippen molar-refractivity contribution in [3.8, 4) is 0 Å². The molecule has 5 nitrogen and oxygen atoms in total. The van der Waals surface area contributed by atoms with Crippen LogP contribution in [0, 0.1) is 18.3 Å². The summed E-state index contributed by atoms with van der Waals surface area (Å²) >= 11 is 0. The van der Waals surface area contributed by atoms with E-state index in [0.717, 1.165) is 11.1 Å². The van der Waals surface area contributed by atoms with Gasteiger partial charge in [0.15, 0.2) is 0 Å². The number of rotatable bonds is 3. The highest BCUT2D eigenvalue weighted by Crippen LogP contribution is 2.44. The first-order valence-electron chi connectivity index (χ1n) is 8.45. The molecule has 0 unspecified atom stereocenters. The molecule has 5 heteroatoms. The van der Waals surface area contributed by atoms with Crippen molar-refractivity contribution in [3.63, 3.8) is 0 Å². The first-order chi connectivity index (χ1) is 11.3. The number of carboxylic acid groups (broad SMARTS) is 1. The third-order valence-electron chi connectivity index (χ3n) is 5.77. The van der Waals surface area contributed by atoms with Gasteiger partial charge in [-0.1, -0.05) is 24.3 Å². The van der Waals surface area contributed by atoms with Crippen LogP contribution in [0.4, 0.5) is 0 Å². The highest BCUT2D eigenvalue weighted by molar-refractivity contribution is 5.89. The van der Waals surface area contributed by atoms with Crippen LogP contribution >= 0.6 is 0 Å². The lowest BCUT2D eigenvalue weighted by Gasteiger charge is -2.34. The van der Waals surface area contributed by atoms with E-state index in [0.29, 0.717) is 26.2 Å². The number of amides is 1. The van der Waals surface area contributed by atoms with Crippen molar-refractivity contribution in [2.24, 2.45) is 11.3 Å². The van der Waals surface area contributed by atoms with Crippen LogP contribution in [0.1, 0.15) is 31.4 Å².